The number of nitrogens with one attached hydrogen (secondary N) is 2. The van der Waals surface area contributed by atoms with Gasteiger partial charge in [-0.25, -0.2) is 9.78 Å². The molecule has 1 amide bonds. The van der Waals surface area contributed by atoms with Crippen LogP contribution in [0.25, 0.3) is 11.3 Å². The first kappa shape index (κ1) is 15.2. The number of H-pyrrole nitrogens is 1. The molecule has 2 aromatic heterocycles. The predicted molar refractivity (Wildman–Crippen MR) is 77.0 cm³/mol. The lowest BCUT2D eigenvalue weighted by Gasteiger charge is -2.08. The van der Waals surface area contributed by atoms with Crippen LogP contribution in [0.15, 0.2) is 17.6 Å². The number of ether oxygens (including phenoxy) is 1. The maximum atomic E-state index is 11.9. The quantitative estimate of drug-likeness (QED) is 0.706. The van der Waals surface area contributed by atoms with E-state index in [-0.39, 0.29) is 6.54 Å². The number of aromatic nitrogens is 2. The molecule has 0 aliphatic carbocycles. The molecule has 0 aliphatic rings. The minimum atomic E-state index is -1.38. The van der Waals surface area contributed by atoms with Gasteiger partial charge in [-0.3, -0.25) is 4.79 Å². The average molecular weight is 309 g/mol. The van der Waals surface area contributed by atoms with Crippen LogP contribution in [-0.2, 0) is 9.53 Å². The van der Waals surface area contributed by atoms with Crippen molar-refractivity contribution < 1.29 is 19.4 Å². The number of carbonyl (C=O) groups is 2. The third-order valence-corrected chi connectivity index (χ3v) is 3.55. The highest BCUT2D eigenvalue weighted by Crippen LogP contribution is 2.22. The number of thiazole rings is 1. The van der Waals surface area contributed by atoms with E-state index in [1.165, 1.54) is 18.4 Å². The van der Waals surface area contributed by atoms with Crippen molar-refractivity contribution >= 4 is 23.2 Å². The second-order valence-electron chi connectivity index (χ2n) is 4.30. The molecule has 0 saturated heterocycles. The lowest BCUT2D eigenvalue weighted by molar-refractivity contribution is -0.149. The molecule has 1 atom stereocenters. The van der Waals surface area contributed by atoms with E-state index in [0.29, 0.717) is 5.69 Å². The van der Waals surface area contributed by atoms with Gasteiger partial charge in [0.15, 0.2) is 6.10 Å². The van der Waals surface area contributed by atoms with E-state index in [1.807, 2.05) is 12.3 Å². The normalized spacial score (nSPS) is 12.0. The van der Waals surface area contributed by atoms with Gasteiger partial charge < -0.3 is 20.1 Å². The molecule has 2 aromatic rings. The fourth-order valence-electron chi connectivity index (χ4n) is 1.67. The first-order chi connectivity index (χ1) is 10.0. The number of hydrogen-bond donors (Lipinski definition) is 3. The number of esters is 1. The summed E-state index contributed by atoms with van der Waals surface area (Å²) < 4.78 is 4.36. The fraction of sp³-hybridized carbons (Fsp3) is 0.308. The predicted octanol–water partition coefficient (Wildman–Crippen LogP) is 0.710. The van der Waals surface area contributed by atoms with Crippen LogP contribution in [0.4, 0.5) is 0 Å². The molecule has 0 fully saturated rings. The first-order valence-corrected chi connectivity index (χ1v) is 7.04. The maximum absolute atomic E-state index is 11.9. The van der Waals surface area contributed by atoms with Gasteiger partial charge >= 0.3 is 5.97 Å². The molecule has 2 rings (SSSR count). The van der Waals surface area contributed by atoms with Crippen LogP contribution in [0.5, 0.6) is 0 Å². The van der Waals surface area contributed by atoms with Crippen molar-refractivity contribution in [3.63, 3.8) is 0 Å². The van der Waals surface area contributed by atoms with Crippen molar-refractivity contribution in [3.05, 3.63) is 28.3 Å². The molecule has 2 heterocycles. The Morgan fingerprint density at radius 2 is 2.33 bits per heavy atom. The third kappa shape index (κ3) is 3.67. The largest absolute Gasteiger partial charge is 0.467 e. The van der Waals surface area contributed by atoms with Gasteiger partial charge in [0.2, 0.25) is 0 Å². The van der Waals surface area contributed by atoms with Crippen LogP contribution in [0.1, 0.15) is 15.5 Å². The minimum Gasteiger partial charge on any atom is -0.467 e. The summed E-state index contributed by atoms with van der Waals surface area (Å²) in [5.74, 6) is -1.21. The van der Waals surface area contributed by atoms with Gasteiger partial charge in [-0.2, -0.15) is 0 Å². The van der Waals surface area contributed by atoms with E-state index >= 15 is 0 Å². The topological polar surface area (TPSA) is 104 Å². The van der Waals surface area contributed by atoms with E-state index < -0.39 is 18.0 Å². The van der Waals surface area contributed by atoms with E-state index in [0.717, 1.165) is 16.3 Å². The van der Waals surface area contributed by atoms with Gasteiger partial charge in [0.1, 0.15) is 5.69 Å². The lowest BCUT2D eigenvalue weighted by atomic mass is 10.2. The van der Waals surface area contributed by atoms with Crippen LogP contribution in [0, 0.1) is 6.92 Å². The maximum Gasteiger partial charge on any atom is 0.336 e. The molecule has 0 aliphatic heterocycles. The summed E-state index contributed by atoms with van der Waals surface area (Å²) in [4.78, 5) is 30.1. The van der Waals surface area contributed by atoms with Crippen LogP contribution in [-0.4, -0.2) is 46.7 Å². The smallest absolute Gasteiger partial charge is 0.336 e. The van der Waals surface area contributed by atoms with Gasteiger partial charge in [0.05, 0.1) is 24.4 Å². The fourth-order valence-corrected chi connectivity index (χ4v) is 2.30. The Balaban J connectivity index is 1.98. The van der Waals surface area contributed by atoms with Crippen LogP contribution in [0.2, 0.25) is 0 Å². The molecule has 3 N–H and O–H groups in total. The van der Waals surface area contributed by atoms with Gasteiger partial charge in [0.25, 0.3) is 5.91 Å². The summed E-state index contributed by atoms with van der Waals surface area (Å²) in [6, 6.07) is 1.66. The van der Waals surface area contributed by atoms with Crippen LogP contribution < -0.4 is 5.32 Å². The number of nitrogens with zero attached hydrogens (tertiary/aromatic N) is 1. The molecular formula is C13H15N3O4S. The second-order valence-corrected chi connectivity index (χ2v) is 5.37. The third-order valence-electron chi connectivity index (χ3n) is 2.77. The van der Waals surface area contributed by atoms with Crippen molar-refractivity contribution in [2.24, 2.45) is 0 Å². The summed E-state index contributed by atoms with van der Waals surface area (Å²) in [6.07, 6.45) is 0.301. The Morgan fingerprint density at radius 3 is 2.95 bits per heavy atom. The Kier molecular flexibility index (Phi) is 4.71. The Morgan fingerprint density at radius 1 is 1.57 bits per heavy atom. The Labute approximate surface area is 125 Å². The molecular weight excluding hydrogens is 294 g/mol. The van der Waals surface area contributed by atoms with Crippen LogP contribution >= 0.6 is 11.3 Å². The molecule has 0 radical (unpaired) electrons. The number of hydrogen-bond acceptors (Lipinski definition) is 6. The van der Waals surface area contributed by atoms with Gasteiger partial charge in [-0.05, 0) is 13.0 Å². The summed E-state index contributed by atoms with van der Waals surface area (Å²) in [7, 11) is 1.17. The molecule has 0 aromatic carbocycles. The number of aryl methyl sites for hydroxylation is 1. The monoisotopic (exact) mass is 309 g/mol. The van der Waals surface area contributed by atoms with Crippen molar-refractivity contribution in [1.82, 2.24) is 15.3 Å². The highest BCUT2D eigenvalue weighted by Gasteiger charge is 2.17. The van der Waals surface area contributed by atoms with Gasteiger partial charge in [0, 0.05) is 17.1 Å². The average Bonchev–Trinajstić information content (AvgIpc) is 3.11. The van der Waals surface area contributed by atoms with Crippen molar-refractivity contribution in [1.29, 1.82) is 0 Å². The molecule has 112 valence electrons. The minimum absolute atomic E-state index is 0.213. The van der Waals surface area contributed by atoms with Gasteiger partial charge in [-0.1, -0.05) is 0 Å². The van der Waals surface area contributed by atoms with Crippen molar-refractivity contribution in [2.75, 3.05) is 13.7 Å². The molecule has 1 unspecified atom stereocenters. The van der Waals surface area contributed by atoms with E-state index in [1.54, 1.807) is 12.3 Å². The number of methoxy groups -OCH3 is 1. The van der Waals surface area contributed by atoms with Crippen LogP contribution in [0.3, 0.4) is 0 Å². The highest BCUT2D eigenvalue weighted by molar-refractivity contribution is 7.09. The summed E-state index contributed by atoms with van der Waals surface area (Å²) in [6.45, 7) is 1.69. The van der Waals surface area contributed by atoms with E-state index in [9.17, 15) is 14.7 Å². The zero-order chi connectivity index (χ0) is 15.4. The second kappa shape index (κ2) is 6.51. The Hall–Kier alpha value is -2.19. The lowest BCUT2D eigenvalue weighted by Crippen LogP contribution is -2.37. The van der Waals surface area contributed by atoms with Crippen molar-refractivity contribution in [2.45, 2.75) is 13.0 Å². The van der Waals surface area contributed by atoms with E-state index in [2.05, 4.69) is 20.0 Å². The number of aliphatic hydroxyl groups excluding tert-OH is 1. The summed E-state index contributed by atoms with van der Waals surface area (Å²) >= 11 is 1.53. The number of carbonyl (C=O) groups excluding carboxylic acids is 2. The standard InChI is InChI=1S/C13H15N3O4S/c1-7-16-10(6-21-7)8-3-9(14-4-8)12(18)15-5-11(17)13(19)20-2/h3-4,6,11,14,17H,5H2,1-2H3,(H,15,18). The summed E-state index contributed by atoms with van der Waals surface area (Å²) in [5, 5.41) is 14.7. The molecule has 7 nitrogen and oxygen atoms in total. The first-order valence-electron chi connectivity index (χ1n) is 6.16. The molecule has 21 heavy (non-hydrogen) atoms. The number of aromatic amines is 1. The zero-order valence-corrected chi connectivity index (χ0v) is 12.4. The molecule has 0 saturated carbocycles. The van der Waals surface area contributed by atoms with E-state index in [4.69, 9.17) is 0 Å². The summed E-state index contributed by atoms with van der Waals surface area (Å²) in [5.41, 5.74) is 1.92. The molecule has 8 heteroatoms. The number of rotatable bonds is 5. The Bertz CT molecular complexity index is 649. The zero-order valence-electron chi connectivity index (χ0n) is 11.5. The van der Waals surface area contributed by atoms with Crippen molar-refractivity contribution in [3.8, 4) is 11.3 Å². The molecule has 0 spiro atoms. The SMILES string of the molecule is COC(=O)C(O)CNC(=O)c1cc(-c2csc(C)n2)c[nH]1. The molecule has 0 bridgehead atoms. The van der Waals surface area contributed by atoms with Gasteiger partial charge in [-0.15, -0.1) is 11.3 Å². The number of aliphatic hydroxyl groups is 1. The highest BCUT2D eigenvalue weighted by atomic mass is 32.1. The number of amides is 1.